The van der Waals surface area contributed by atoms with Crippen LogP contribution in [0.2, 0.25) is 0 Å². The first-order valence-corrected chi connectivity index (χ1v) is 9.54. The molecule has 8 atom stereocenters. The fraction of sp³-hybridized carbons (Fsp3) is 0.950. The lowest BCUT2D eigenvalue weighted by Gasteiger charge is -2.73. The minimum absolute atomic E-state index is 0.0161. The van der Waals surface area contributed by atoms with Gasteiger partial charge in [0.1, 0.15) is 5.78 Å². The highest BCUT2D eigenvalue weighted by Gasteiger charge is 2.73. The zero-order valence-corrected chi connectivity index (χ0v) is 15.4. The lowest BCUT2D eigenvalue weighted by atomic mass is 9.32. The number of Topliss-reactive ketones (excluding diaryl/α,β-unsaturated/α-hetero) is 1. The van der Waals surface area contributed by atoms with Gasteiger partial charge < -0.3 is 15.3 Å². The Morgan fingerprint density at radius 2 is 1.67 bits per heavy atom. The average Bonchev–Trinajstić information content (AvgIpc) is 2.42. The van der Waals surface area contributed by atoms with Crippen LogP contribution in [0.4, 0.5) is 0 Å². The first-order chi connectivity index (χ1) is 11.0. The van der Waals surface area contributed by atoms with Crippen LogP contribution in [0.15, 0.2) is 0 Å². The van der Waals surface area contributed by atoms with Gasteiger partial charge >= 0.3 is 0 Å². The number of rotatable bonds is 0. The van der Waals surface area contributed by atoms with Gasteiger partial charge in [0, 0.05) is 18.3 Å². The van der Waals surface area contributed by atoms with E-state index in [9.17, 15) is 20.1 Å². The summed E-state index contributed by atoms with van der Waals surface area (Å²) in [6, 6.07) is 0. The van der Waals surface area contributed by atoms with Crippen LogP contribution >= 0.6 is 0 Å². The number of ketones is 1. The molecular weight excluding hydrogens is 304 g/mol. The van der Waals surface area contributed by atoms with E-state index in [-0.39, 0.29) is 33.9 Å². The fourth-order valence-corrected chi connectivity index (χ4v) is 7.97. The molecule has 0 amide bonds. The van der Waals surface area contributed by atoms with E-state index in [1.165, 1.54) is 0 Å². The second kappa shape index (κ2) is 4.63. The van der Waals surface area contributed by atoms with E-state index in [2.05, 4.69) is 20.8 Å². The fourth-order valence-electron chi connectivity index (χ4n) is 7.97. The number of carbonyl (C=O) groups is 1. The summed E-state index contributed by atoms with van der Waals surface area (Å²) in [6.45, 7) is 8.37. The van der Waals surface area contributed by atoms with Crippen molar-refractivity contribution in [1.82, 2.24) is 0 Å². The molecule has 0 saturated heterocycles. The zero-order valence-electron chi connectivity index (χ0n) is 15.4. The van der Waals surface area contributed by atoms with Crippen molar-refractivity contribution in [3.8, 4) is 0 Å². The van der Waals surface area contributed by atoms with Gasteiger partial charge in [-0.15, -0.1) is 0 Å². The average molecular weight is 336 g/mol. The van der Waals surface area contributed by atoms with Crippen LogP contribution < -0.4 is 0 Å². The molecular formula is C20H32O4. The Hall–Kier alpha value is -0.450. The van der Waals surface area contributed by atoms with Crippen LogP contribution in [0, 0.1) is 33.5 Å². The van der Waals surface area contributed by atoms with Crippen LogP contribution in [-0.2, 0) is 4.79 Å². The quantitative estimate of drug-likeness (QED) is 0.634. The van der Waals surface area contributed by atoms with Crippen molar-refractivity contribution in [3.05, 3.63) is 0 Å². The third-order valence-corrected chi connectivity index (χ3v) is 8.96. The van der Waals surface area contributed by atoms with Crippen molar-refractivity contribution in [1.29, 1.82) is 0 Å². The summed E-state index contributed by atoms with van der Waals surface area (Å²) in [4.78, 5) is 12.6. The van der Waals surface area contributed by atoms with Crippen molar-refractivity contribution in [2.45, 2.75) is 84.5 Å². The smallest absolute Gasteiger partial charge is 0.134 e. The Labute approximate surface area is 144 Å². The molecule has 136 valence electrons. The second-order valence-corrected chi connectivity index (χ2v) is 10.5. The van der Waals surface area contributed by atoms with Crippen LogP contribution in [0.1, 0.15) is 66.2 Å². The molecule has 0 radical (unpaired) electrons. The molecule has 4 nitrogen and oxygen atoms in total. The van der Waals surface area contributed by atoms with Gasteiger partial charge in [0.15, 0.2) is 0 Å². The molecule has 5 fully saturated rings. The second-order valence-electron chi connectivity index (χ2n) is 10.5. The van der Waals surface area contributed by atoms with Crippen LogP contribution in [0.25, 0.3) is 0 Å². The molecule has 5 saturated carbocycles. The normalized spacial score (nSPS) is 59.0. The monoisotopic (exact) mass is 336 g/mol. The summed E-state index contributed by atoms with van der Waals surface area (Å²) in [5.41, 5.74) is -1.29. The first-order valence-electron chi connectivity index (χ1n) is 9.54. The van der Waals surface area contributed by atoms with Gasteiger partial charge in [-0.3, -0.25) is 4.79 Å². The van der Waals surface area contributed by atoms with Crippen molar-refractivity contribution in [3.63, 3.8) is 0 Å². The summed E-state index contributed by atoms with van der Waals surface area (Å²) in [6.07, 6.45) is 2.41. The van der Waals surface area contributed by atoms with Crippen molar-refractivity contribution >= 4 is 5.78 Å². The van der Waals surface area contributed by atoms with Crippen LogP contribution in [-0.4, -0.2) is 39.4 Å². The highest BCUT2D eigenvalue weighted by atomic mass is 16.3. The molecule has 1 spiro atoms. The highest BCUT2D eigenvalue weighted by molar-refractivity contribution is 5.81. The third-order valence-electron chi connectivity index (χ3n) is 8.96. The van der Waals surface area contributed by atoms with Crippen molar-refractivity contribution in [2.24, 2.45) is 33.5 Å². The van der Waals surface area contributed by atoms with Crippen molar-refractivity contribution in [2.75, 3.05) is 0 Å². The van der Waals surface area contributed by atoms with Crippen LogP contribution in [0.3, 0.4) is 0 Å². The Morgan fingerprint density at radius 3 is 2.29 bits per heavy atom. The zero-order chi connectivity index (χ0) is 17.7. The first kappa shape index (κ1) is 17.0. The molecule has 3 N–H and O–H groups in total. The molecule has 0 aromatic carbocycles. The summed E-state index contributed by atoms with van der Waals surface area (Å²) < 4.78 is 0. The summed E-state index contributed by atoms with van der Waals surface area (Å²) in [5, 5.41) is 32.9. The predicted molar refractivity (Wildman–Crippen MR) is 90.1 cm³/mol. The molecule has 2 bridgehead atoms. The molecule has 5 aliphatic carbocycles. The van der Waals surface area contributed by atoms with Gasteiger partial charge in [-0.05, 0) is 53.8 Å². The van der Waals surface area contributed by atoms with E-state index in [0.29, 0.717) is 25.7 Å². The molecule has 0 aromatic rings. The maximum absolute atomic E-state index is 12.6. The van der Waals surface area contributed by atoms with E-state index in [1.54, 1.807) is 0 Å². The number of aliphatic hydroxyl groups is 3. The van der Waals surface area contributed by atoms with Gasteiger partial charge in [-0.2, -0.15) is 0 Å². The minimum Gasteiger partial charge on any atom is -0.393 e. The Balaban J connectivity index is 1.88. The SMILES string of the molecule is CC1(C)CC(=O)C[C@@]2(C)[C@H]1[C@@H](O)C[C@H]1[C@H](O)[C@]3(C)CC[C@@]12C[C@H]3O. The minimum atomic E-state index is -0.595. The van der Waals surface area contributed by atoms with E-state index in [0.717, 1.165) is 12.8 Å². The molecule has 0 unspecified atom stereocenters. The van der Waals surface area contributed by atoms with Gasteiger partial charge in [0.2, 0.25) is 0 Å². The standard InChI is InChI=1S/C20H32O4/c1-17(2)8-11(21)9-19(4)15(17)13(22)7-12-16(24)18(3)5-6-20(12,19)10-14(18)23/h12-16,22-24H,5-10H2,1-4H3/t12-,13-,14+,15-,16-,18+,19-,20+/m0/s1. The summed E-state index contributed by atoms with van der Waals surface area (Å²) >= 11 is 0. The van der Waals surface area contributed by atoms with E-state index < -0.39 is 23.7 Å². The molecule has 0 aromatic heterocycles. The predicted octanol–water partition coefficient (Wildman–Crippen LogP) is 2.29. The molecule has 5 aliphatic rings. The molecule has 24 heavy (non-hydrogen) atoms. The molecule has 5 rings (SSSR count). The number of aliphatic hydroxyl groups excluding tert-OH is 3. The Kier molecular flexibility index (Phi) is 3.28. The van der Waals surface area contributed by atoms with Gasteiger partial charge in [0.05, 0.1) is 18.3 Å². The number of carbonyl (C=O) groups excluding carboxylic acids is 1. The van der Waals surface area contributed by atoms with Gasteiger partial charge in [0.25, 0.3) is 0 Å². The van der Waals surface area contributed by atoms with Gasteiger partial charge in [-0.1, -0.05) is 27.7 Å². The molecule has 0 heterocycles. The van der Waals surface area contributed by atoms with E-state index in [1.807, 2.05) is 6.92 Å². The maximum Gasteiger partial charge on any atom is 0.134 e. The number of fused-ring (bicyclic) bond motifs is 3. The number of hydrogen-bond acceptors (Lipinski definition) is 4. The number of hydrogen-bond donors (Lipinski definition) is 3. The maximum atomic E-state index is 12.6. The third kappa shape index (κ3) is 1.73. The Morgan fingerprint density at radius 1 is 1.00 bits per heavy atom. The lowest BCUT2D eigenvalue weighted by Crippen LogP contribution is -2.73. The van der Waals surface area contributed by atoms with E-state index in [4.69, 9.17) is 0 Å². The highest BCUT2D eigenvalue weighted by Crippen LogP contribution is 2.74. The molecule has 0 aliphatic heterocycles. The van der Waals surface area contributed by atoms with Gasteiger partial charge in [-0.25, -0.2) is 0 Å². The molecule has 4 heteroatoms. The largest absolute Gasteiger partial charge is 0.393 e. The van der Waals surface area contributed by atoms with Crippen LogP contribution in [0.5, 0.6) is 0 Å². The Bertz CT molecular complexity index is 586. The van der Waals surface area contributed by atoms with E-state index >= 15 is 0 Å². The lowest BCUT2D eigenvalue weighted by molar-refractivity contribution is -0.304. The summed E-state index contributed by atoms with van der Waals surface area (Å²) in [7, 11) is 0. The summed E-state index contributed by atoms with van der Waals surface area (Å²) in [5.74, 6) is 0.294. The topological polar surface area (TPSA) is 77.8 Å². The van der Waals surface area contributed by atoms with Crippen molar-refractivity contribution < 1.29 is 20.1 Å².